The summed E-state index contributed by atoms with van der Waals surface area (Å²) in [5.41, 5.74) is 5.98. The molecule has 0 radical (unpaired) electrons. The minimum absolute atomic E-state index is 0.608. The van der Waals surface area contributed by atoms with Gasteiger partial charge in [0.25, 0.3) is 0 Å². The van der Waals surface area contributed by atoms with Gasteiger partial charge in [0.2, 0.25) is 0 Å². The quantitative estimate of drug-likeness (QED) is 0.689. The van der Waals surface area contributed by atoms with E-state index < -0.39 is 0 Å². The molecule has 1 aliphatic carbocycles. The lowest BCUT2D eigenvalue weighted by molar-refractivity contribution is 0.134. The molecule has 2 heteroatoms. The molecule has 1 saturated carbocycles. The summed E-state index contributed by atoms with van der Waals surface area (Å²) in [7, 11) is 0. The van der Waals surface area contributed by atoms with Crippen molar-refractivity contribution in [2.24, 2.45) is 17.6 Å². The molecule has 1 rings (SSSR count). The van der Waals surface area contributed by atoms with Gasteiger partial charge in [-0.1, -0.05) is 34.1 Å². The highest BCUT2D eigenvalue weighted by Gasteiger charge is 2.34. The van der Waals surface area contributed by atoms with Crippen molar-refractivity contribution in [3.8, 4) is 0 Å². The number of nitrogens with two attached hydrogens (primary N) is 1. The zero-order chi connectivity index (χ0) is 12.1. The second kappa shape index (κ2) is 6.61. The summed E-state index contributed by atoms with van der Waals surface area (Å²) in [4.78, 5) is 2.70. The molecule has 96 valence electrons. The molecule has 0 aliphatic heterocycles. The maximum Gasteiger partial charge on any atom is 0.0246 e. The molecule has 0 aromatic heterocycles. The van der Waals surface area contributed by atoms with E-state index in [1.54, 1.807) is 0 Å². The molecule has 2 nitrogen and oxygen atoms in total. The number of rotatable bonds is 8. The van der Waals surface area contributed by atoms with Crippen LogP contribution in [0.3, 0.4) is 0 Å². The van der Waals surface area contributed by atoms with Crippen molar-refractivity contribution >= 4 is 0 Å². The van der Waals surface area contributed by atoms with Gasteiger partial charge in [-0.25, -0.2) is 0 Å². The predicted octanol–water partition coefficient (Wildman–Crippen LogP) is 2.87. The molecule has 0 heterocycles. The Balaban J connectivity index is 2.52. The average Bonchev–Trinajstić information content (AvgIpc) is 3.06. The SMILES string of the molecule is CCC(C)C(CN)N(CCC(C)C)C1CC1. The van der Waals surface area contributed by atoms with E-state index in [9.17, 15) is 0 Å². The van der Waals surface area contributed by atoms with Crippen molar-refractivity contribution in [1.29, 1.82) is 0 Å². The van der Waals surface area contributed by atoms with E-state index in [0.717, 1.165) is 24.4 Å². The first-order chi connectivity index (χ1) is 7.60. The van der Waals surface area contributed by atoms with E-state index in [1.807, 2.05) is 0 Å². The lowest BCUT2D eigenvalue weighted by atomic mass is 9.96. The fraction of sp³-hybridized carbons (Fsp3) is 1.00. The maximum absolute atomic E-state index is 5.98. The zero-order valence-electron chi connectivity index (χ0n) is 11.6. The minimum atomic E-state index is 0.608. The Labute approximate surface area is 102 Å². The average molecular weight is 226 g/mol. The van der Waals surface area contributed by atoms with Crippen molar-refractivity contribution < 1.29 is 0 Å². The summed E-state index contributed by atoms with van der Waals surface area (Å²) in [6.45, 7) is 11.3. The summed E-state index contributed by atoms with van der Waals surface area (Å²) in [6.07, 6.45) is 5.34. The molecule has 2 atom stereocenters. The summed E-state index contributed by atoms with van der Waals surface area (Å²) < 4.78 is 0. The largest absolute Gasteiger partial charge is 0.329 e. The first kappa shape index (κ1) is 14.0. The van der Waals surface area contributed by atoms with Crippen molar-refractivity contribution in [1.82, 2.24) is 4.90 Å². The third kappa shape index (κ3) is 4.06. The van der Waals surface area contributed by atoms with Crippen LogP contribution in [0.15, 0.2) is 0 Å². The Kier molecular flexibility index (Phi) is 5.77. The molecule has 0 aromatic carbocycles. The maximum atomic E-state index is 5.98. The highest BCUT2D eigenvalue weighted by atomic mass is 15.2. The number of nitrogens with zero attached hydrogens (tertiary/aromatic N) is 1. The Bertz CT molecular complexity index is 187. The van der Waals surface area contributed by atoms with Gasteiger partial charge in [0.05, 0.1) is 0 Å². The molecular formula is C14H30N2. The van der Waals surface area contributed by atoms with Crippen LogP contribution >= 0.6 is 0 Å². The first-order valence-electron chi connectivity index (χ1n) is 7.05. The molecule has 0 bridgehead atoms. The van der Waals surface area contributed by atoms with E-state index in [2.05, 4.69) is 32.6 Å². The Morgan fingerprint density at radius 2 is 1.88 bits per heavy atom. The smallest absolute Gasteiger partial charge is 0.0246 e. The molecule has 0 saturated heterocycles. The van der Waals surface area contributed by atoms with Crippen LogP contribution in [0.1, 0.15) is 53.4 Å². The highest BCUT2D eigenvalue weighted by Crippen LogP contribution is 2.31. The van der Waals surface area contributed by atoms with Gasteiger partial charge in [-0.05, 0) is 37.6 Å². The van der Waals surface area contributed by atoms with Crippen molar-refractivity contribution in [2.45, 2.75) is 65.5 Å². The molecular weight excluding hydrogens is 196 g/mol. The van der Waals surface area contributed by atoms with Crippen molar-refractivity contribution in [3.63, 3.8) is 0 Å². The Morgan fingerprint density at radius 1 is 1.25 bits per heavy atom. The van der Waals surface area contributed by atoms with E-state index in [1.165, 1.54) is 32.2 Å². The lowest BCUT2D eigenvalue weighted by Gasteiger charge is -2.35. The van der Waals surface area contributed by atoms with Crippen LogP contribution in [0.2, 0.25) is 0 Å². The van der Waals surface area contributed by atoms with E-state index in [0.29, 0.717) is 6.04 Å². The van der Waals surface area contributed by atoms with Gasteiger partial charge in [-0.3, -0.25) is 4.90 Å². The lowest BCUT2D eigenvalue weighted by Crippen LogP contribution is -2.46. The summed E-state index contributed by atoms with van der Waals surface area (Å²) in [6, 6.07) is 1.46. The van der Waals surface area contributed by atoms with Gasteiger partial charge in [-0.15, -0.1) is 0 Å². The Morgan fingerprint density at radius 3 is 2.25 bits per heavy atom. The monoisotopic (exact) mass is 226 g/mol. The molecule has 2 N–H and O–H groups in total. The van der Waals surface area contributed by atoms with Crippen molar-refractivity contribution in [2.75, 3.05) is 13.1 Å². The standard InChI is InChI=1S/C14H30N2/c1-5-12(4)14(10-15)16(13-6-7-13)9-8-11(2)3/h11-14H,5-10,15H2,1-4H3. The molecule has 2 unspecified atom stereocenters. The summed E-state index contributed by atoms with van der Waals surface area (Å²) >= 11 is 0. The minimum Gasteiger partial charge on any atom is -0.329 e. The second-order valence-electron chi connectivity index (χ2n) is 5.84. The topological polar surface area (TPSA) is 29.3 Å². The van der Waals surface area contributed by atoms with E-state index in [-0.39, 0.29) is 0 Å². The third-order valence-corrected chi connectivity index (χ3v) is 3.95. The third-order valence-electron chi connectivity index (χ3n) is 3.95. The highest BCUT2D eigenvalue weighted by molar-refractivity contribution is 4.90. The molecule has 0 aromatic rings. The number of hydrogen-bond acceptors (Lipinski definition) is 2. The zero-order valence-corrected chi connectivity index (χ0v) is 11.6. The second-order valence-corrected chi connectivity index (χ2v) is 5.84. The van der Waals surface area contributed by atoms with Gasteiger partial charge in [0.15, 0.2) is 0 Å². The van der Waals surface area contributed by atoms with Gasteiger partial charge >= 0.3 is 0 Å². The summed E-state index contributed by atoms with van der Waals surface area (Å²) in [5.74, 6) is 1.54. The fourth-order valence-electron chi connectivity index (χ4n) is 2.40. The first-order valence-corrected chi connectivity index (χ1v) is 7.05. The van der Waals surface area contributed by atoms with Gasteiger partial charge < -0.3 is 5.73 Å². The fourth-order valence-corrected chi connectivity index (χ4v) is 2.40. The van der Waals surface area contributed by atoms with Crippen LogP contribution in [0.25, 0.3) is 0 Å². The summed E-state index contributed by atoms with van der Waals surface area (Å²) in [5, 5.41) is 0. The van der Waals surface area contributed by atoms with Crippen LogP contribution in [-0.4, -0.2) is 30.1 Å². The van der Waals surface area contributed by atoms with Crippen LogP contribution in [0, 0.1) is 11.8 Å². The van der Waals surface area contributed by atoms with Gasteiger partial charge in [0.1, 0.15) is 0 Å². The van der Waals surface area contributed by atoms with Crippen LogP contribution in [-0.2, 0) is 0 Å². The van der Waals surface area contributed by atoms with Crippen molar-refractivity contribution in [3.05, 3.63) is 0 Å². The van der Waals surface area contributed by atoms with Crippen LogP contribution < -0.4 is 5.73 Å². The predicted molar refractivity (Wildman–Crippen MR) is 71.5 cm³/mol. The van der Waals surface area contributed by atoms with Crippen LogP contribution in [0.4, 0.5) is 0 Å². The Hall–Kier alpha value is -0.0800. The molecule has 1 aliphatic rings. The molecule has 16 heavy (non-hydrogen) atoms. The number of hydrogen-bond donors (Lipinski definition) is 1. The van der Waals surface area contributed by atoms with E-state index >= 15 is 0 Å². The van der Waals surface area contributed by atoms with Crippen LogP contribution in [0.5, 0.6) is 0 Å². The molecule has 0 spiro atoms. The normalized spacial score (nSPS) is 20.4. The van der Waals surface area contributed by atoms with Gasteiger partial charge in [-0.2, -0.15) is 0 Å². The molecule has 0 amide bonds. The van der Waals surface area contributed by atoms with E-state index in [4.69, 9.17) is 5.73 Å². The van der Waals surface area contributed by atoms with Gasteiger partial charge in [0, 0.05) is 18.6 Å². The molecule has 1 fully saturated rings.